The molecule has 3 aromatic carbocycles. The van der Waals surface area contributed by atoms with Gasteiger partial charge >= 0.3 is 0 Å². The van der Waals surface area contributed by atoms with Crippen LogP contribution in [0.2, 0.25) is 0 Å². The molecule has 3 N–H and O–H groups in total. The van der Waals surface area contributed by atoms with E-state index >= 15 is 0 Å². The Morgan fingerprint density at radius 3 is 2.44 bits per heavy atom. The molecule has 5 nitrogen and oxygen atoms in total. The Morgan fingerprint density at radius 1 is 1.00 bits per heavy atom. The summed E-state index contributed by atoms with van der Waals surface area (Å²) in [4.78, 5) is 0.201. The van der Waals surface area contributed by atoms with Crippen LogP contribution in [0.3, 0.4) is 0 Å². The number of hydrogen-bond acceptors (Lipinski definition) is 4. The maximum atomic E-state index is 12.4. The summed E-state index contributed by atoms with van der Waals surface area (Å²) in [7, 11) is -1.95. The summed E-state index contributed by atoms with van der Waals surface area (Å²) in [6.45, 7) is 0.275. The molecule has 0 aromatic heterocycles. The summed E-state index contributed by atoms with van der Waals surface area (Å²) in [5.41, 5.74) is 7.12. The number of hydrogen-bond donors (Lipinski definition) is 2. The van der Waals surface area contributed by atoms with E-state index < -0.39 is 10.0 Å². The zero-order valence-corrected chi connectivity index (χ0v) is 14.7. The van der Waals surface area contributed by atoms with Gasteiger partial charge in [0.1, 0.15) is 5.75 Å². The largest absolute Gasteiger partial charge is 0.496 e. The molecule has 0 aliphatic heterocycles. The summed E-state index contributed by atoms with van der Waals surface area (Å²) in [5, 5.41) is 2.16. The van der Waals surface area contributed by atoms with Crippen molar-refractivity contribution in [1.29, 1.82) is 0 Å². The summed E-state index contributed by atoms with van der Waals surface area (Å²) in [6.07, 6.45) is 0.527. The molecule has 3 aromatic rings. The molecule has 0 spiro atoms. The van der Waals surface area contributed by atoms with Gasteiger partial charge in [-0.25, -0.2) is 13.1 Å². The van der Waals surface area contributed by atoms with Crippen LogP contribution < -0.4 is 15.2 Å². The lowest BCUT2D eigenvalue weighted by Gasteiger charge is -2.13. The van der Waals surface area contributed by atoms with E-state index in [1.54, 1.807) is 19.2 Å². The summed E-state index contributed by atoms with van der Waals surface area (Å²) >= 11 is 0. The van der Waals surface area contributed by atoms with E-state index in [4.69, 9.17) is 10.5 Å². The van der Waals surface area contributed by atoms with Crippen molar-refractivity contribution in [3.63, 3.8) is 0 Å². The molecule has 130 valence electrons. The van der Waals surface area contributed by atoms with E-state index in [0.29, 0.717) is 12.1 Å². The highest BCUT2D eigenvalue weighted by Gasteiger charge is 2.14. The van der Waals surface area contributed by atoms with E-state index in [2.05, 4.69) is 4.72 Å². The first kappa shape index (κ1) is 17.3. The van der Waals surface area contributed by atoms with Crippen molar-refractivity contribution in [1.82, 2.24) is 4.72 Å². The maximum absolute atomic E-state index is 12.4. The fourth-order valence-electron chi connectivity index (χ4n) is 2.81. The fourth-order valence-corrected chi connectivity index (χ4v) is 3.84. The highest BCUT2D eigenvalue weighted by atomic mass is 32.2. The van der Waals surface area contributed by atoms with Gasteiger partial charge in [-0.05, 0) is 47.5 Å². The smallest absolute Gasteiger partial charge is 0.240 e. The number of benzene rings is 3. The summed E-state index contributed by atoms with van der Waals surface area (Å²) in [6, 6.07) is 18.0. The van der Waals surface area contributed by atoms with Crippen molar-refractivity contribution in [2.75, 3.05) is 19.4 Å². The minimum absolute atomic E-state index is 0.201. The van der Waals surface area contributed by atoms with Crippen molar-refractivity contribution in [2.24, 2.45) is 0 Å². The number of rotatable bonds is 6. The van der Waals surface area contributed by atoms with Crippen molar-refractivity contribution in [3.05, 3.63) is 66.2 Å². The predicted octanol–water partition coefficient (Wildman–Crippen LogP) is 2.95. The number of nitrogen functional groups attached to an aromatic ring is 1. The molecule has 3 rings (SSSR count). The summed E-state index contributed by atoms with van der Waals surface area (Å²) in [5.74, 6) is 0.755. The molecule has 0 heterocycles. The number of nitrogens with one attached hydrogen (secondary N) is 1. The van der Waals surface area contributed by atoms with Gasteiger partial charge in [0.2, 0.25) is 10.0 Å². The zero-order chi connectivity index (χ0) is 17.9. The molecule has 0 aliphatic rings. The van der Waals surface area contributed by atoms with Crippen molar-refractivity contribution in [2.45, 2.75) is 11.3 Å². The lowest BCUT2D eigenvalue weighted by molar-refractivity contribution is 0.410. The van der Waals surface area contributed by atoms with E-state index in [1.807, 2.05) is 36.4 Å². The molecule has 6 heteroatoms. The van der Waals surface area contributed by atoms with Crippen LogP contribution in [0, 0.1) is 0 Å². The van der Waals surface area contributed by atoms with Crippen LogP contribution in [0.25, 0.3) is 10.8 Å². The second-order valence-electron chi connectivity index (χ2n) is 5.68. The first-order valence-corrected chi connectivity index (χ1v) is 9.39. The van der Waals surface area contributed by atoms with Gasteiger partial charge in [-0.15, -0.1) is 0 Å². The zero-order valence-electron chi connectivity index (χ0n) is 13.9. The fraction of sp³-hybridized carbons (Fsp3) is 0.158. The molecule has 25 heavy (non-hydrogen) atoms. The van der Waals surface area contributed by atoms with E-state index in [0.717, 1.165) is 22.1 Å². The second-order valence-corrected chi connectivity index (χ2v) is 7.45. The van der Waals surface area contributed by atoms with Crippen molar-refractivity contribution in [3.8, 4) is 5.75 Å². The number of sulfonamides is 1. The summed E-state index contributed by atoms with van der Waals surface area (Å²) < 4.78 is 32.8. The number of nitrogens with two attached hydrogens (primary N) is 1. The molecule has 0 radical (unpaired) electrons. The number of methoxy groups -OCH3 is 1. The van der Waals surface area contributed by atoms with Crippen LogP contribution in [0.5, 0.6) is 5.75 Å². The molecule has 0 amide bonds. The molecule has 0 atom stereocenters. The number of ether oxygens (including phenoxy) is 1. The van der Waals surface area contributed by atoms with Crippen LogP contribution in [0.1, 0.15) is 5.56 Å². The number of fused-ring (bicyclic) bond motifs is 1. The highest BCUT2D eigenvalue weighted by Crippen LogP contribution is 2.28. The Hall–Kier alpha value is -2.57. The Labute approximate surface area is 147 Å². The lowest BCUT2D eigenvalue weighted by Crippen LogP contribution is -2.26. The third-order valence-electron chi connectivity index (χ3n) is 4.08. The predicted molar refractivity (Wildman–Crippen MR) is 100 cm³/mol. The van der Waals surface area contributed by atoms with Gasteiger partial charge in [-0.2, -0.15) is 0 Å². The van der Waals surface area contributed by atoms with Crippen LogP contribution in [0.4, 0.5) is 5.69 Å². The van der Waals surface area contributed by atoms with E-state index in [1.165, 1.54) is 12.1 Å². The molecular formula is C19H20N2O3S. The minimum atomic E-state index is -3.57. The SMILES string of the molecule is COc1ccc2ccccc2c1CCNS(=O)(=O)c1ccc(N)cc1. The molecule has 0 saturated carbocycles. The van der Waals surface area contributed by atoms with Gasteiger partial charge in [-0.1, -0.05) is 30.3 Å². The third-order valence-corrected chi connectivity index (χ3v) is 5.55. The molecule has 0 aliphatic carbocycles. The lowest BCUT2D eigenvalue weighted by atomic mass is 10.0. The third kappa shape index (κ3) is 3.75. The molecule has 0 saturated heterocycles. The van der Waals surface area contributed by atoms with Crippen LogP contribution >= 0.6 is 0 Å². The number of anilines is 1. The average molecular weight is 356 g/mol. The van der Waals surface area contributed by atoms with Gasteiger partial charge in [0.15, 0.2) is 0 Å². The Balaban J connectivity index is 1.80. The highest BCUT2D eigenvalue weighted by molar-refractivity contribution is 7.89. The van der Waals surface area contributed by atoms with Crippen LogP contribution in [-0.2, 0) is 16.4 Å². The van der Waals surface area contributed by atoms with Gasteiger partial charge in [-0.3, -0.25) is 0 Å². The van der Waals surface area contributed by atoms with Crippen LogP contribution in [-0.4, -0.2) is 22.1 Å². The van der Waals surface area contributed by atoms with Crippen molar-refractivity contribution >= 4 is 26.5 Å². The quantitative estimate of drug-likeness (QED) is 0.665. The maximum Gasteiger partial charge on any atom is 0.240 e. The minimum Gasteiger partial charge on any atom is -0.496 e. The van der Waals surface area contributed by atoms with E-state index in [9.17, 15) is 8.42 Å². The van der Waals surface area contributed by atoms with Gasteiger partial charge in [0.05, 0.1) is 12.0 Å². The standard InChI is InChI=1S/C19H20N2O3S/c1-24-19-11-6-14-4-2-3-5-17(14)18(19)12-13-21-25(22,23)16-9-7-15(20)8-10-16/h2-11,21H,12-13,20H2,1H3. The molecule has 0 fully saturated rings. The normalized spacial score (nSPS) is 11.6. The molecule has 0 unspecified atom stereocenters. The first-order chi connectivity index (χ1) is 12.0. The second kappa shape index (κ2) is 7.13. The topological polar surface area (TPSA) is 81.4 Å². The van der Waals surface area contributed by atoms with E-state index in [-0.39, 0.29) is 11.4 Å². The Bertz CT molecular complexity index is 983. The van der Waals surface area contributed by atoms with Gasteiger partial charge in [0, 0.05) is 17.8 Å². The monoisotopic (exact) mass is 356 g/mol. The molecule has 0 bridgehead atoms. The van der Waals surface area contributed by atoms with Gasteiger partial charge in [0.25, 0.3) is 0 Å². The molecular weight excluding hydrogens is 336 g/mol. The Kier molecular flexibility index (Phi) is 4.92. The van der Waals surface area contributed by atoms with Gasteiger partial charge < -0.3 is 10.5 Å². The van der Waals surface area contributed by atoms with Crippen LogP contribution in [0.15, 0.2) is 65.6 Å². The Morgan fingerprint density at radius 2 is 1.72 bits per heavy atom. The average Bonchev–Trinajstić information content (AvgIpc) is 2.62. The first-order valence-electron chi connectivity index (χ1n) is 7.91. The van der Waals surface area contributed by atoms with Crippen molar-refractivity contribution < 1.29 is 13.2 Å².